The number of carbonyl (C=O) groups is 2. The van der Waals surface area contributed by atoms with Crippen molar-refractivity contribution in [1.82, 2.24) is 0 Å². The van der Waals surface area contributed by atoms with Crippen LogP contribution in [-0.2, 0) is 14.3 Å². The molecule has 0 bridgehead atoms. The van der Waals surface area contributed by atoms with Crippen molar-refractivity contribution in [2.24, 2.45) is 5.92 Å². The van der Waals surface area contributed by atoms with Gasteiger partial charge >= 0.3 is 5.97 Å². The van der Waals surface area contributed by atoms with E-state index in [-0.39, 0.29) is 24.4 Å². The molecule has 1 aliphatic carbocycles. The van der Waals surface area contributed by atoms with Crippen LogP contribution in [0.5, 0.6) is 0 Å². The highest BCUT2D eigenvalue weighted by molar-refractivity contribution is 9.10. The smallest absolute Gasteiger partial charge is 0.309 e. The van der Waals surface area contributed by atoms with Crippen molar-refractivity contribution in [2.75, 3.05) is 11.9 Å². The predicted octanol–water partition coefficient (Wildman–Crippen LogP) is 3.12. The van der Waals surface area contributed by atoms with Crippen LogP contribution in [0.4, 0.5) is 5.69 Å². The zero-order valence-electron chi connectivity index (χ0n) is 10.5. The molecule has 1 amide bonds. The number of halogens is 1. The lowest BCUT2D eigenvalue weighted by Crippen LogP contribution is -2.23. The van der Waals surface area contributed by atoms with Crippen LogP contribution in [0.1, 0.15) is 25.7 Å². The molecule has 102 valence electrons. The number of hydrogen-bond acceptors (Lipinski definition) is 3. The molecule has 5 heteroatoms. The van der Waals surface area contributed by atoms with Crippen molar-refractivity contribution in [2.45, 2.75) is 25.7 Å². The molecule has 1 aliphatic rings. The van der Waals surface area contributed by atoms with Crippen LogP contribution >= 0.6 is 15.9 Å². The molecule has 0 aromatic heterocycles. The number of amides is 1. The highest BCUT2D eigenvalue weighted by atomic mass is 79.9. The molecule has 1 fully saturated rings. The molecular formula is C14H16BrNO3. The second-order valence-corrected chi connectivity index (χ2v) is 5.47. The quantitative estimate of drug-likeness (QED) is 0.865. The Morgan fingerprint density at radius 2 is 1.95 bits per heavy atom. The number of esters is 1. The molecule has 0 aliphatic heterocycles. The van der Waals surface area contributed by atoms with Gasteiger partial charge in [0.05, 0.1) is 11.6 Å². The number of ether oxygens (including phenoxy) is 1. The third-order valence-corrected chi connectivity index (χ3v) is 3.87. The average molecular weight is 326 g/mol. The first-order valence-electron chi connectivity index (χ1n) is 6.38. The van der Waals surface area contributed by atoms with Crippen molar-refractivity contribution >= 4 is 33.5 Å². The van der Waals surface area contributed by atoms with Gasteiger partial charge in [-0.3, -0.25) is 9.59 Å². The Hall–Kier alpha value is -1.36. The fraction of sp³-hybridized carbons (Fsp3) is 0.429. The summed E-state index contributed by atoms with van der Waals surface area (Å²) in [4.78, 5) is 23.3. The number of anilines is 1. The Labute approximate surface area is 120 Å². The van der Waals surface area contributed by atoms with E-state index in [2.05, 4.69) is 21.2 Å². The molecule has 1 aromatic rings. The summed E-state index contributed by atoms with van der Waals surface area (Å²) < 4.78 is 5.83. The largest absolute Gasteiger partial charge is 0.455 e. The molecule has 0 atom stereocenters. The van der Waals surface area contributed by atoms with Crippen LogP contribution in [0, 0.1) is 5.92 Å². The van der Waals surface area contributed by atoms with Gasteiger partial charge in [-0.1, -0.05) is 25.0 Å². The van der Waals surface area contributed by atoms with E-state index in [0.29, 0.717) is 5.69 Å². The summed E-state index contributed by atoms with van der Waals surface area (Å²) in [5.74, 6) is -0.589. The van der Waals surface area contributed by atoms with Crippen molar-refractivity contribution in [3.05, 3.63) is 28.7 Å². The zero-order valence-corrected chi connectivity index (χ0v) is 12.1. The fourth-order valence-corrected chi connectivity index (χ4v) is 2.55. The summed E-state index contributed by atoms with van der Waals surface area (Å²) in [5.41, 5.74) is 0.671. The lowest BCUT2D eigenvalue weighted by Gasteiger charge is -2.10. The minimum Gasteiger partial charge on any atom is -0.455 e. The van der Waals surface area contributed by atoms with Gasteiger partial charge in [0.2, 0.25) is 0 Å². The van der Waals surface area contributed by atoms with Gasteiger partial charge in [0.25, 0.3) is 5.91 Å². The van der Waals surface area contributed by atoms with Gasteiger partial charge in [-0.2, -0.15) is 0 Å². The summed E-state index contributed by atoms with van der Waals surface area (Å²) in [6, 6.07) is 7.30. The van der Waals surface area contributed by atoms with Gasteiger partial charge in [0, 0.05) is 4.47 Å². The van der Waals surface area contributed by atoms with Crippen LogP contribution in [0.15, 0.2) is 28.7 Å². The fourth-order valence-electron chi connectivity index (χ4n) is 2.16. The van der Waals surface area contributed by atoms with Gasteiger partial charge in [0.1, 0.15) is 0 Å². The van der Waals surface area contributed by atoms with Crippen LogP contribution in [-0.4, -0.2) is 18.5 Å². The van der Waals surface area contributed by atoms with Crippen molar-refractivity contribution in [3.63, 3.8) is 0 Å². The number of benzene rings is 1. The second kappa shape index (κ2) is 6.70. The zero-order chi connectivity index (χ0) is 13.7. The molecule has 1 aromatic carbocycles. The van der Waals surface area contributed by atoms with Crippen molar-refractivity contribution < 1.29 is 14.3 Å². The predicted molar refractivity (Wildman–Crippen MR) is 75.7 cm³/mol. The molecule has 2 rings (SSSR count). The second-order valence-electron chi connectivity index (χ2n) is 4.62. The topological polar surface area (TPSA) is 55.4 Å². The normalized spacial score (nSPS) is 15.2. The Bertz CT molecular complexity index is 470. The molecule has 0 unspecified atom stereocenters. The summed E-state index contributed by atoms with van der Waals surface area (Å²) in [6.45, 7) is -0.226. The standard InChI is InChI=1S/C14H16BrNO3/c15-11-7-3-4-8-12(11)16-13(17)9-19-14(18)10-5-1-2-6-10/h3-4,7-8,10H,1-2,5-6,9H2,(H,16,17). The number of rotatable bonds is 4. The molecule has 4 nitrogen and oxygen atoms in total. The number of para-hydroxylation sites is 1. The highest BCUT2D eigenvalue weighted by Crippen LogP contribution is 2.25. The highest BCUT2D eigenvalue weighted by Gasteiger charge is 2.24. The summed E-state index contributed by atoms with van der Waals surface area (Å²) in [6.07, 6.45) is 3.90. The third kappa shape index (κ3) is 4.06. The van der Waals surface area contributed by atoms with Gasteiger partial charge in [-0.15, -0.1) is 0 Å². The molecule has 19 heavy (non-hydrogen) atoms. The molecule has 1 saturated carbocycles. The Balaban J connectivity index is 1.78. The van der Waals surface area contributed by atoms with Crippen LogP contribution in [0.2, 0.25) is 0 Å². The third-order valence-electron chi connectivity index (χ3n) is 3.18. The van der Waals surface area contributed by atoms with Crippen molar-refractivity contribution in [3.8, 4) is 0 Å². The Kier molecular flexibility index (Phi) is 4.96. The number of nitrogens with one attached hydrogen (secondary N) is 1. The van der Waals surface area contributed by atoms with Gasteiger partial charge in [0.15, 0.2) is 6.61 Å². The molecule has 0 heterocycles. The molecule has 0 spiro atoms. The lowest BCUT2D eigenvalue weighted by atomic mass is 10.1. The maximum Gasteiger partial charge on any atom is 0.309 e. The molecule has 0 saturated heterocycles. The lowest BCUT2D eigenvalue weighted by molar-refractivity contribution is -0.151. The van der Waals surface area contributed by atoms with Crippen LogP contribution < -0.4 is 5.32 Å². The van der Waals surface area contributed by atoms with E-state index in [1.165, 1.54) is 0 Å². The summed E-state index contributed by atoms with van der Waals surface area (Å²) in [7, 11) is 0. The maximum absolute atomic E-state index is 11.7. The SMILES string of the molecule is O=C(COC(=O)C1CCCC1)Nc1ccccc1Br. The van der Waals surface area contributed by atoms with E-state index in [1.807, 2.05) is 18.2 Å². The van der Waals surface area contributed by atoms with E-state index in [4.69, 9.17) is 4.74 Å². The Morgan fingerprint density at radius 1 is 1.26 bits per heavy atom. The van der Waals surface area contributed by atoms with Gasteiger partial charge in [-0.25, -0.2) is 0 Å². The summed E-state index contributed by atoms with van der Waals surface area (Å²) in [5, 5.41) is 2.69. The van der Waals surface area contributed by atoms with Gasteiger partial charge in [-0.05, 0) is 40.9 Å². The molecule has 0 radical (unpaired) electrons. The first kappa shape index (κ1) is 14.1. The van der Waals surface area contributed by atoms with Crippen LogP contribution in [0.3, 0.4) is 0 Å². The first-order valence-corrected chi connectivity index (χ1v) is 7.17. The van der Waals surface area contributed by atoms with E-state index >= 15 is 0 Å². The van der Waals surface area contributed by atoms with E-state index in [0.717, 1.165) is 30.2 Å². The number of carbonyl (C=O) groups excluding carboxylic acids is 2. The van der Waals surface area contributed by atoms with E-state index in [9.17, 15) is 9.59 Å². The first-order chi connectivity index (χ1) is 9.16. The maximum atomic E-state index is 11.7. The number of hydrogen-bond donors (Lipinski definition) is 1. The van der Waals surface area contributed by atoms with Crippen LogP contribution in [0.25, 0.3) is 0 Å². The molecule has 1 N–H and O–H groups in total. The van der Waals surface area contributed by atoms with E-state index in [1.54, 1.807) is 6.07 Å². The minimum absolute atomic E-state index is 0.0174. The average Bonchev–Trinajstić information content (AvgIpc) is 2.93. The van der Waals surface area contributed by atoms with Crippen molar-refractivity contribution in [1.29, 1.82) is 0 Å². The summed E-state index contributed by atoms with van der Waals surface area (Å²) >= 11 is 3.34. The molecular weight excluding hydrogens is 310 g/mol. The monoisotopic (exact) mass is 325 g/mol. The Morgan fingerprint density at radius 3 is 2.63 bits per heavy atom. The van der Waals surface area contributed by atoms with Gasteiger partial charge < -0.3 is 10.1 Å². The minimum atomic E-state index is -0.321. The van der Waals surface area contributed by atoms with E-state index < -0.39 is 0 Å².